The van der Waals surface area contributed by atoms with Crippen LogP contribution in [0.5, 0.6) is 0 Å². The molecule has 0 atom stereocenters. The number of hydrogen-bond acceptors (Lipinski definition) is 3. The number of amides is 1. The Balaban J connectivity index is 1.76. The third-order valence-corrected chi connectivity index (χ3v) is 4.05. The van der Waals surface area contributed by atoms with Crippen molar-refractivity contribution in [1.29, 1.82) is 0 Å². The molecule has 4 nitrogen and oxygen atoms in total. The first-order chi connectivity index (χ1) is 10.3. The lowest BCUT2D eigenvalue weighted by atomic mass is 10.0. The first-order valence-corrected chi connectivity index (χ1v) is 8.18. The molecule has 1 saturated heterocycles. The molecule has 1 aromatic rings. The third-order valence-electron chi connectivity index (χ3n) is 3.69. The van der Waals surface area contributed by atoms with Crippen LogP contribution in [0.15, 0.2) is 24.3 Å². The lowest BCUT2D eigenvalue weighted by Gasteiger charge is -2.33. The summed E-state index contributed by atoms with van der Waals surface area (Å²) in [4.78, 5) is 13.8. The number of nitrogens with one attached hydrogen (secondary N) is 1. The van der Waals surface area contributed by atoms with Gasteiger partial charge in [0.15, 0.2) is 0 Å². The molecule has 2 rings (SSSR count). The van der Waals surface area contributed by atoms with Gasteiger partial charge in [0.2, 0.25) is 0 Å². The van der Waals surface area contributed by atoms with Crippen molar-refractivity contribution in [3.63, 3.8) is 0 Å². The number of halogens is 1. The molecule has 22 heavy (non-hydrogen) atoms. The Morgan fingerprint density at radius 2 is 1.95 bits per heavy atom. The number of rotatable bonds is 3. The zero-order chi connectivity index (χ0) is 16.2. The monoisotopic (exact) mass is 324 g/mol. The van der Waals surface area contributed by atoms with Crippen molar-refractivity contribution in [2.45, 2.75) is 51.8 Å². The molecule has 0 saturated carbocycles. The molecule has 0 aromatic heterocycles. The molecule has 0 spiro atoms. The molecular weight excluding hydrogens is 300 g/mol. The van der Waals surface area contributed by atoms with Crippen molar-refractivity contribution in [2.75, 3.05) is 13.1 Å². The van der Waals surface area contributed by atoms with Crippen molar-refractivity contribution in [3.05, 3.63) is 34.9 Å². The van der Waals surface area contributed by atoms with E-state index in [0.717, 1.165) is 43.1 Å². The molecule has 1 amide bonds. The van der Waals surface area contributed by atoms with E-state index in [9.17, 15) is 4.79 Å². The van der Waals surface area contributed by atoms with Gasteiger partial charge in [0.25, 0.3) is 0 Å². The maximum Gasteiger partial charge on any atom is 0.410 e. The van der Waals surface area contributed by atoms with E-state index in [1.807, 2.05) is 45.0 Å². The van der Waals surface area contributed by atoms with Gasteiger partial charge in [-0.3, -0.25) is 0 Å². The lowest BCUT2D eigenvalue weighted by Crippen LogP contribution is -2.46. The van der Waals surface area contributed by atoms with Crippen LogP contribution in [0.1, 0.15) is 39.2 Å². The van der Waals surface area contributed by atoms with Crippen molar-refractivity contribution >= 4 is 17.7 Å². The van der Waals surface area contributed by atoms with E-state index in [0.29, 0.717) is 6.04 Å². The van der Waals surface area contributed by atoms with Crippen molar-refractivity contribution in [1.82, 2.24) is 10.2 Å². The fraction of sp³-hybridized carbons (Fsp3) is 0.588. The Morgan fingerprint density at radius 3 is 2.55 bits per heavy atom. The summed E-state index contributed by atoms with van der Waals surface area (Å²) >= 11 is 6.16. The molecule has 122 valence electrons. The van der Waals surface area contributed by atoms with Crippen LogP contribution in [0.4, 0.5) is 4.79 Å². The molecule has 1 aliphatic heterocycles. The smallest absolute Gasteiger partial charge is 0.410 e. The topological polar surface area (TPSA) is 41.6 Å². The van der Waals surface area contributed by atoms with Gasteiger partial charge in [-0.2, -0.15) is 0 Å². The van der Waals surface area contributed by atoms with Crippen LogP contribution in [0, 0.1) is 0 Å². The molecule has 0 radical (unpaired) electrons. The summed E-state index contributed by atoms with van der Waals surface area (Å²) in [6, 6.07) is 8.28. The number of carbonyl (C=O) groups excluding carboxylic acids is 1. The predicted octanol–water partition coefficient (Wildman–Crippen LogP) is 3.83. The SMILES string of the molecule is CC(C)(C)OC(=O)N1CCC(NCc2ccccc2Cl)CC1. The van der Waals surface area contributed by atoms with Crippen molar-refractivity contribution < 1.29 is 9.53 Å². The summed E-state index contributed by atoms with van der Waals surface area (Å²) in [6.45, 7) is 7.90. The van der Waals surface area contributed by atoms with Gasteiger partial charge in [-0.1, -0.05) is 29.8 Å². The van der Waals surface area contributed by atoms with Gasteiger partial charge in [-0.05, 0) is 45.2 Å². The molecular formula is C17H25ClN2O2. The van der Waals surface area contributed by atoms with Crippen molar-refractivity contribution in [2.24, 2.45) is 0 Å². The zero-order valence-corrected chi connectivity index (χ0v) is 14.3. The highest BCUT2D eigenvalue weighted by Crippen LogP contribution is 2.18. The summed E-state index contributed by atoms with van der Waals surface area (Å²) in [5.74, 6) is 0. The van der Waals surface area contributed by atoms with Crippen LogP contribution in [-0.2, 0) is 11.3 Å². The summed E-state index contributed by atoms with van der Waals surface area (Å²) in [5.41, 5.74) is 0.676. The van der Waals surface area contributed by atoms with Gasteiger partial charge >= 0.3 is 6.09 Å². The Hall–Kier alpha value is -1.26. The molecule has 0 bridgehead atoms. The lowest BCUT2D eigenvalue weighted by molar-refractivity contribution is 0.0198. The Kier molecular flexibility index (Phi) is 5.70. The number of nitrogens with zero attached hydrogens (tertiary/aromatic N) is 1. The first kappa shape index (κ1) is 17.1. The van der Waals surface area contributed by atoms with E-state index in [4.69, 9.17) is 16.3 Å². The van der Waals surface area contributed by atoms with Gasteiger partial charge in [-0.25, -0.2) is 4.79 Å². The van der Waals surface area contributed by atoms with E-state index in [1.165, 1.54) is 0 Å². The minimum absolute atomic E-state index is 0.211. The molecule has 0 aliphatic carbocycles. The zero-order valence-electron chi connectivity index (χ0n) is 13.6. The van der Waals surface area contributed by atoms with Crippen LogP contribution in [0.25, 0.3) is 0 Å². The van der Waals surface area contributed by atoms with Gasteiger partial charge < -0.3 is 15.0 Å². The number of ether oxygens (including phenoxy) is 1. The van der Waals surface area contributed by atoms with Crippen LogP contribution in [-0.4, -0.2) is 35.7 Å². The second-order valence-electron chi connectivity index (χ2n) is 6.71. The number of hydrogen-bond donors (Lipinski definition) is 1. The minimum Gasteiger partial charge on any atom is -0.444 e. The molecule has 1 aromatic carbocycles. The molecule has 0 unspecified atom stereocenters. The highest BCUT2D eigenvalue weighted by molar-refractivity contribution is 6.31. The van der Waals surface area contributed by atoms with E-state index in [2.05, 4.69) is 5.32 Å². The van der Waals surface area contributed by atoms with Gasteiger partial charge in [0.05, 0.1) is 0 Å². The molecule has 1 heterocycles. The predicted molar refractivity (Wildman–Crippen MR) is 89.1 cm³/mol. The quantitative estimate of drug-likeness (QED) is 0.918. The van der Waals surface area contributed by atoms with Crippen LogP contribution in [0.2, 0.25) is 5.02 Å². The van der Waals surface area contributed by atoms with Crippen LogP contribution >= 0.6 is 11.6 Å². The summed E-state index contributed by atoms with van der Waals surface area (Å²) in [5, 5.41) is 4.32. The third kappa shape index (κ3) is 5.18. The fourth-order valence-corrected chi connectivity index (χ4v) is 2.69. The van der Waals surface area contributed by atoms with E-state index in [1.54, 1.807) is 4.90 Å². The fourth-order valence-electron chi connectivity index (χ4n) is 2.49. The Bertz CT molecular complexity index is 506. The number of likely N-dealkylation sites (tertiary alicyclic amines) is 1. The molecule has 1 fully saturated rings. The van der Waals surface area contributed by atoms with Gasteiger partial charge in [-0.15, -0.1) is 0 Å². The van der Waals surface area contributed by atoms with E-state index in [-0.39, 0.29) is 6.09 Å². The second-order valence-corrected chi connectivity index (χ2v) is 7.12. The largest absolute Gasteiger partial charge is 0.444 e. The average Bonchev–Trinajstić information content (AvgIpc) is 2.45. The average molecular weight is 325 g/mol. The maximum absolute atomic E-state index is 12.0. The van der Waals surface area contributed by atoms with Crippen molar-refractivity contribution in [3.8, 4) is 0 Å². The minimum atomic E-state index is -0.434. The van der Waals surface area contributed by atoms with E-state index >= 15 is 0 Å². The summed E-state index contributed by atoms with van der Waals surface area (Å²) in [7, 11) is 0. The van der Waals surface area contributed by atoms with Gasteiger partial charge in [0.1, 0.15) is 5.60 Å². The van der Waals surface area contributed by atoms with Crippen LogP contribution in [0.3, 0.4) is 0 Å². The standard InChI is InChI=1S/C17H25ClN2O2/c1-17(2,3)22-16(21)20-10-8-14(9-11-20)19-12-13-6-4-5-7-15(13)18/h4-7,14,19H,8-12H2,1-3H3. The maximum atomic E-state index is 12.0. The normalized spacial score (nSPS) is 16.6. The Labute approximate surface area is 137 Å². The Morgan fingerprint density at radius 1 is 1.32 bits per heavy atom. The highest BCUT2D eigenvalue weighted by Gasteiger charge is 2.26. The molecule has 5 heteroatoms. The van der Waals surface area contributed by atoms with Crippen LogP contribution < -0.4 is 5.32 Å². The first-order valence-electron chi connectivity index (χ1n) is 7.80. The van der Waals surface area contributed by atoms with Gasteiger partial charge in [0, 0.05) is 30.7 Å². The number of benzene rings is 1. The molecule has 1 N–H and O–H groups in total. The number of carbonyl (C=O) groups is 1. The second kappa shape index (κ2) is 7.34. The molecule has 1 aliphatic rings. The van der Waals surface area contributed by atoms with E-state index < -0.39 is 5.60 Å². The number of piperidine rings is 1. The highest BCUT2D eigenvalue weighted by atomic mass is 35.5. The summed E-state index contributed by atoms with van der Waals surface area (Å²) < 4.78 is 5.41. The summed E-state index contributed by atoms with van der Waals surface area (Å²) in [6.07, 6.45) is 1.66.